The van der Waals surface area contributed by atoms with Gasteiger partial charge in [-0.15, -0.1) is 0 Å². The van der Waals surface area contributed by atoms with Crippen LogP contribution in [0.5, 0.6) is 0 Å². The molecule has 0 aromatic heterocycles. The summed E-state index contributed by atoms with van der Waals surface area (Å²) in [5.74, 6) is 0. The third kappa shape index (κ3) is 2.58. The van der Waals surface area contributed by atoms with Crippen molar-refractivity contribution in [2.75, 3.05) is 5.73 Å². The van der Waals surface area contributed by atoms with Gasteiger partial charge in [-0.05, 0) is 36.2 Å². The van der Waals surface area contributed by atoms with Crippen LogP contribution in [-0.2, 0) is 6.42 Å². The molecule has 0 heterocycles. The molecule has 0 fully saturated rings. The lowest BCUT2D eigenvalue weighted by molar-refractivity contribution is 1.13. The minimum atomic E-state index is 0.869. The highest BCUT2D eigenvalue weighted by Gasteiger charge is 2.02. The maximum atomic E-state index is 6.02. The molecule has 0 amide bonds. The number of benzene rings is 2. The zero-order valence-electron chi connectivity index (χ0n) is 9.31. The molecule has 0 saturated heterocycles. The second kappa shape index (κ2) is 5.08. The molecule has 0 aliphatic heterocycles. The molecule has 0 atom stereocenters. The molecule has 0 saturated carbocycles. The first-order valence-corrected chi connectivity index (χ1v) is 6.22. The lowest BCUT2D eigenvalue weighted by Crippen LogP contribution is -1.90. The molecule has 2 aromatic carbocycles. The van der Waals surface area contributed by atoms with Crippen LogP contribution in [0.3, 0.4) is 0 Å². The third-order valence-corrected chi connectivity index (χ3v) is 3.55. The Bertz CT molecular complexity index is 465. The summed E-state index contributed by atoms with van der Waals surface area (Å²) in [6.07, 6.45) is 1.03. The van der Waals surface area contributed by atoms with Crippen LogP contribution in [0.1, 0.15) is 12.5 Å². The topological polar surface area (TPSA) is 26.0 Å². The molecule has 1 nitrogen and oxygen atoms in total. The Morgan fingerprint density at radius 2 is 1.81 bits per heavy atom. The van der Waals surface area contributed by atoms with E-state index in [2.05, 4.69) is 37.3 Å². The predicted molar refractivity (Wildman–Crippen MR) is 70.8 cm³/mol. The molecule has 82 valence electrons. The van der Waals surface area contributed by atoms with Crippen molar-refractivity contribution >= 4 is 17.4 Å². The fourth-order valence-corrected chi connectivity index (χ4v) is 2.39. The van der Waals surface area contributed by atoms with Gasteiger partial charge >= 0.3 is 0 Å². The van der Waals surface area contributed by atoms with Gasteiger partial charge in [0, 0.05) is 15.5 Å². The second-order valence-electron chi connectivity index (χ2n) is 3.64. The molecule has 16 heavy (non-hydrogen) atoms. The van der Waals surface area contributed by atoms with Crippen LogP contribution < -0.4 is 5.73 Å². The van der Waals surface area contributed by atoms with E-state index >= 15 is 0 Å². The van der Waals surface area contributed by atoms with Gasteiger partial charge in [0.2, 0.25) is 0 Å². The van der Waals surface area contributed by atoms with E-state index < -0.39 is 0 Å². The Morgan fingerprint density at radius 1 is 1.06 bits per heavy atom. The number of nitrogen functional groups attached to an aromatic ring is 1. The monoisotopic (exact) mass is 229 g/mol. The molecular formula is C14H15NS. The highest BCUT2D eigenvalue weighted by molar-refractivity contribution is 7.99. The van der Waals surface area contributed by atoms with Gasteiger partial charge in [-0.25, -0.2) is 0 Å². The molecule has 0 radical (unpaired) electrons. The van der Waals surface area contributed by atoms with Crippen molar-refractivity contribution in [2.24, 2.45) is 0 Å². The lowest BCUT2D eigenvalue weighted by Gasteiger charge is -2.06. The molecule has 2 heteroatoms. The minimum Gasteiger partial charge on any atom is -0.398 e. The third-order valence-electron chi connectivity index (χ3n) is 2.45. The minimum absolute atomic E-state index is 0.869. The zero-order chi connectivity index (χ0) is 11.4. The molecule has 2 rings (SSSR count). The summed E-state index contributed by atoms with van der Waals surface area (Å²) in [5, 5.41) is 0. The summed E-state index contributed by atoms with van der Waals surface area (Å²) in [7, 11) is 0. The highest BCUT2D eigenvalue weighted by Crippen LogP contribution is 2.32. The first-order valence-electron chi connectivity index (χ1n) is 5.41. The van der Waals surface area contributed by atoms with Gasteiger partial charge in [0.15, 0.2) is 0 Å². The fraction of sp³-hybridized carbons (Fsp3) is 0.143. The lowest BCUT2D eigenvalue weighted by atomic mass is 10.1. The molecule has 0 aliphatic rings. The average molecular weight is 229 g/mol. The van der Waals surface area contributed by atoms with E-state index in [4.69, 9.17) is 5.73 Å². The van der Waals surface area contributed by atoms with E-state index in [0.29, 0.717) is 0 Å². The van der Waals surface area contributed by atoms with Gasteiger partial charge in [0.1, 0.15) is 0 Å². The summed E-state index contributed by atoms with van der Waals surface area (Å²) in [4.78, 5) is 2.35. The fourth-order valence-electron chi connectivity index (χ4n) is 1.53. The zero-order valence-corrected chi connectivity index (χ0v) is 10.1. The Kier molecular flexibility index (Phi) is 3.52. The molecule has 0 unspecified atom stereocenters. The van der Waals surface area contributed by atoms with Gasteiger partial charge in [0.25, 0.3) is 0 Å². The van der Waals surface area contributed by atoms with Crippen LogP contribution in [0.25, 0.3) is 0 Å². The molecule has 0 bridgehead atoms. The smallest absolute Gasteiger partial charge is 0.0458 e. The average Bonchev–Trinajstić information content (AvgIpc) is 2.33. The van der Waals surface area contributed by atoms with Crippen molar-refractivity contribution in [2.45, 2.75) is 23.1 Å². The van der Waals surface area contributed by atoms with E-state index in [1.165, 1.54) is 10.5 Å². The van der Waals surface area contributed by atoms with Crippen molar-refractivity contribution in [3.05, 3.63) is 54.1 Å². The van der Waals surface area contributed by atoms with E-state index in [1.807, 2.05) is 18.2 Å². The normalized spacial score (nSPS) is 10.3. The second-order valence-corrected chi connectivity index (χ2v) is 4.76. The highest BCUT2D eigenvalue weighted by atomic mass is 32.2. The first kappa shape index (κ1) is 11.1. The van der Waals surface area contributed by atoms with E-state index in [9.17, 15) is 0 Å². The number of anilines is 1. The van der Waals surface area contributed by atoms with E-state index in [-0.39, 0.29) is 0 Å². The van der Waals surface area contributed by atoms with Crippen molar-refractivity contribution in [3.8, 4) is 0 Å². The number of nitrogens with two attached hydrogens (primary N) is 1. The van der Waals surface area contributed by atoms with Crippen molar-refractivity contribution in [1.29, 1.82) is 0 Å². The predicted octanol–water partition coefficient (Wildman–Crippen LogP) is 3.98. The van der Waals surface area contributed by atoms with Gasteiger partial charge in [0.05, 0.1) is 0 Å². The Labute approximate surface area is 101 Å². The van der Waals surface area contributed by atoms with Gasteiger partial charge < -0.3 is 5.73 Å². The summed E-state index contributed by atoms with van der Waals surface area (Å²) in [6.45, 7) is 2.14. The van der Waals surface area contributed by atoms with Crippen molar-refractivity contribution in [3.63, 3.8) is 0 Å². The Morgan fingerprint density at radius 3 is 2.44 bits per heavy atom. The summed E-state index contributed by atoms with van der Waals surface area (Å²) in [6, 6.07) is 16.6. The van der Waals surface area contributed by atoms with Gasteiger partial charge in [-0.2, -0.15) is 0 Å². The maximum absolute atomic E-state index is 6.02. The molecule has 2 N–H and O–H groups in total. The Balaban J connectivity index is 2.22. The SMILES string of the molecule is CCc1ccc(Sc2ccccc2)c(N)c1. The maximum Gasteiger partial charge on any atom is 0.0458 e. The summed E-state index contributed by atoms with van der Waals surface area (Å²) < 4.78 is 0. The quantitative estimate of drug-likeness (QED) is 0.805. The van der Waals surface area contributed by atoms with Crippen LogP contribution in [0.2, 0.25) is 0 Å². The number of rotatable bonds is 3. The number of hydrogen-bond acceptors (Lipinski definition) is 2. The standard InChI is InChI=1S/C14H15NS/c1-2-11-8-9-14(13(15)10-11)16-12-6-4-3-5-7-12/h3-10H,2,15H2,1H3. The number of hydrogen-bond donors (Lipinski definition) is 1. The summed E-state index contributed by atoms with van der Waals surface area (Å²) in [5.41, 5.74) is 8.18. The van der Waals surface area contributed by atoms with Crippen LogP contribution in [0, 0.1) is 0 Å². The van der Waals surface area contributed by atoms with Gasteiger partial charge in [-0.3, -0.25) is 0 Å². The van der Waals surface area contributed by atoms with Crippen molar-refractivity contribution < 1.29 is 0 Å². The number of aryl methyl sites for hydroxylation is 1. The van der Waals surface area contributed by atoms with Gasteiger partial charge in [-0.1, -0.05) is 43.0 Å². The van der Waals surface area contributed by atoms with Crippen molar-refractivity contribution in [1.82, 2.24) is 0 Å². The van der Waals surface area contributed by atoms with Crippen LogP contribution in [-0.4, -0.2) is 0 Å². The largest absolute Gasteiger partial charge is 0.398 e. The van der Waals surface area contributed by atoms with E-state index in [0.717, 1.165) is 17.0 Å². The molecule has 0 aliphatic carbocycles. The molecule has 0 spiro atoms. The van der Waals surface area contributed by atoms with E-state index in [1.54, 1.807) is 11.8 Å². The van der Waals surface area contributed by atoms with Crippen LogP contribution in [0.15, 0.2) is 58.3 Å². The Hall–Kier alpha value is -1.41. The molecular weight excluding hydrogens is 214 g/mol. The van der Waals surface area contributed by atoms with Crippen LogP contribution >= 0.6 is 11.8 Å². The first-order chi connectivity index (χ1) is 7.79. The summed E-state index contributed by atoms with van der Waals surface area (Å²) >= 11 is 1.71. The van der Waals surface area contributed by atoms with Crippen LogP contribution in [0.4, 0.5) is 5.69 Å². The molecule has 2 aromatic rings.